The van der Waals surface area contributed by atoms with Crippen molar-refractivity contribution in [1.82, 2.24) is 0 Å². The molecule has 5 rings (SSSR count). The van der Waals surface area contributed by atoms with Crippen molar-refractivity contribution in [1.29, 1.82) is 0 Å². The van der Waals surface area contributed by atoms with Crippen LogP contribution in [0.15, 0.2) is 133 Å². The molecule has 0 amide bonds. The van der Waals surface area contributed by atoms with Crippen molar-refractivity contribution in [2.24, 2.45) is 0 Å². The van der Waals surface area contributed by atoms with Crippen LogP contribution < -0.4 is 14.2 Å². The van der Waals surface area contributed by atoms with Gasteiger partial charge in [-0.1, -0.05) is 109 Å². The maximum Gasteiger partial charge on any atom is 0.130 e. The highest BCUT2D eigenvalue weighted by molar-refractivity contribution is 5.60. The number of phenolic OH excluding ortho intramolecular Hbond substituents is 1. The van der Waals surface area contributed by atoms with Gasteiger partial charge in [0, 0.05) is 17.2 Å². The lowest BCUT2D eigenvalue weighted by Gasteiger charge is -2.13. The van der Waals surface area contributed by atoms with E-state index in [1.807, 2.05) is 127 Å². The molecular weight excluding hydrogens is 496 g/mol. The maximum absolute atomic E-state index is 10.6. The van der Waals surface area contributed by atoms with Gasteiger partial charge in [0.05, 0.1) is 0 Å². The third kappa shape index (κ3) is 7.55. The number of ether oxygens (including phenoxy) is 3. The summed E-state index contributed by atoms with van der Waals surface area (Å²) in [5.41, 5.74) is 4.92. The molecule has 0 aliphatic heterocycles. The van der Waals surface area contributed by atoms with Gasteiger partial charge in [-0.25, -0.2) is 0 Å². The molecule has 40 heavy (non-hydrogen) atoms. The van der Waals surface area contributed by atoms with Gasteiger partial charge >= 0.3 is 0 Å². The Morgan fingerprint density at radius 3 is 1.68 bits per heavy atom. The lowest BCUT2D eigenvalue weighted by Crippen LogP contribution is -1.99. The molecule has 4 nitrogen and oxygen atoms in total. The minimum atomic E-state index is 0.209. The van der Waals surface area contributed by atoms with Gasteiger partial charge in [-0.2, -0.15) is 0 Å². The van der Waals surface area contributed by atoms with E-state index in [1.54, 1.807) is 12.1 Å². The number of allylic oxidation sites excluding steroid dienone is 1. The second-order valence-corrected chi connectivity index (χ2v) is 9.38. The molecule has 1 N–H and O–H groups in total. The first-order chi connectivity index (χ1) is 19.7. The average Bonchev–Trinajstić information content (AvgIpc) is 3.01. The quantitative estimate of drug-likeness (QED) is 0.177. The molecule has 0 spiro atoms. The second kappa shape index (κ2) is 13.7. The van der Waals surface area contributed by atoms with Gasteiger partial charge in [0.25, 0.3) is 0 Å². The van der Waals surface area contributed by atoms with Crippen molar-refractivity contribution in [2.75, 3.05) is 0 Å². The van der Waals surface area contributed by atoms with Gasteiger partial charge in [-0.3, -0.25) is 0 Å². The Balaban J connectivity index is 1.31. The van der Waals surface area contributed by atoms with Crippen LogP contribution in [0.3, 0.4) is 0 Å². The zero-order valence-electron chi connectivity index (χ0n) is 22.3. The summed E-state index contributed by atoms with van der Waals surface area (Å²) in [5, 5.41) is 10.6. The van der Waals surface area contributed by atoms with Crippen molar-refractivity contribution < 1.29 is 19.3 Å². The third-order valence-electron chi connectivity index (χ3n) is 6.44. The van der Waals surface area contributed by atoms with Crippen LogP contribution in [-0.4, -0.2) is 5.11 Å². The molecular formula is C36H32O4. The van der Waals surface area contributed by atoms with Crippen molar-refractivity contribution in [2.45, 2.75) is 26.2 Å². The van der Waals surface area contributed by atoms with Crippen molar-refractivity contribution in [3.05, 3.63) is 161 Å². The summed E-state index contributed by atoms with van der Waals surface area (Å²) >= 11 is 0. The summed E-state index contributed by atoms with van der Waals surface area (Å²) < 4.78 is 18.4. The molecule has 5 aromatic carbocycles. The lowest BCUT2D eigenvalue weighted by molar-refractivity contribution is 0.289. The van der Waals surface area contributed by atoms with Crippen LogP contribution in [-0.2, 0) is 26.2 Å². The average molecular weight is 529 g/mol. The molecule has 0 unspecified atom stereocenters. The number of rotatable bonds is 12. The Kier molecular flexibility index (Phi) is 9.14. The normalized spacial score (nSPS) is 10.9. The van der Waals surface area contributed by atoms with Gasteiger partial charge < -0.3 is 19.3 Å². The smallest absolute Gasteiger partial charge is 0.130 e. The molecule has 0 aliphatic carbocycles. The van der Waals surface area contributed by atoms with E-state index < -0.39 is 0 Å². The van der Waals surface area contributed by atoms with Crippen molar-refractivity contribution in [3.8, 4) is 23.0 Å². The van der Waals surface area contributed by atoms with E-state index in [0.29, 0.717) is 32.0 Å². The molecule has 0 radical (unpaired) electrons. The standard InChI is InChI=1S/C36H32O4/c37-34-20-11-21-35(39-26-29-14-6-2-7-15-29)33(34)19-10-18-31-22-23-32(38-25-28-12-4-1-5-13-28)24-36(31)40-27-30-16-8-3-9-17-30/h1-18,20-24,37H,19,25-27H2/b18-10+. The number of benzene rings is 5. The molecule has 0 atom stereocenters. The third-order valence-corrected chi connectivity index (χ3v) is 6.44. The van der Waals surface area contributed by atoms with Crippen molar-refractivity contribution >= 4 is 6.08 Å². The first kappa shape index (κ1) is 26.6. The molecule has 0 saturated carbocycles. The largest absolute Gasteiger partial charge is 0.508 e. The Morgan fingerprint density at radius 2 is 1.07 bits per heavy atom. The lowest BCUT2D eigenvalue weighted by atomic mass is 10.1. The Morgan fingerprint density at radius 1 is 0.525 bits per heavy atom. The fourth-order valence-electron chi connectivity index (χ4n) is 4.28. The Bertz CT molecular complexity index is 1510. The Hall–Kier alpha value is -4.96. The molecule has 0 aromatic heterocycles. The van der Waals surface area contributed by atoms with Gasteiger partial charge in [0.1, 0.15) is 42.8 Å². The first-order valence-electron chi connectivity index (χ1n) is 13.4. The zero-order chi connectivity index (χ0) is 27.4. The van der Waals surface area contributed by atoms with Crippen LogP contribution in [0, 0.1) is 0 Å². The van der Waals surface area contributed by atoms with Gasteiger partial charge in [-0.15, -0.1) is 0 Å². The minimum absolute atomic E-state index is 0.209. The molecule has 0 aliphatic rings. The monoisotopic (exact) mass is 528 g/mol. The number of hydrogen-bond donors (Lipinski definition) is 1. The molecule has 0 fully saturated rings. The van der Waals surface area contributed by atoms with Gasteiger partial charge in [0.2, 0.25) is 0 Å². The number of aromatic hydroxyl groups is 1. The van der Waals surface area contributed by atoms with E-state index in [0.717, 1.165) is 39.3 Å². The van der Waals surface area contributed by atoms with Crippen LogP contribution in [0.25, 0.3) is 6.08 Å². The summed E-state index contributed by atoms with van der Waals surface area (Å²) in [7, 11) is 0. The number of hydrogen-bond acceptors (Lipinski definition) is 4. The van der Waals surface area contributed by atoms with E-state index in [9.17, 15) is 5.11 Å². The van der Waals surface area contributed by atoms with Crippen LogP contribution >= 0.6 is 0 Å². The van der Waals surface area contributed by atoms with Crippen LogP contribution in [0.2, 0.25) is 0 Å². The second-order valence-electron chi connectivity index (χ2n) is 9.38. The highest BCUT2D eigenvalue weighted by Gasteiger charge is 2.10. The fourth-order valence-corrected chi connectivity index (χ4v) is 4.28. The number of phenols is 1. The summed E-state index contributed by atoms with van der Waals surface area (Å²) in [6.07, 6.45) is 4.52. The molecule has 0 saturated heterocycles. The highest BCUT2D eigenvalue weighted by Crippen LogP contribution is 2.31. The summed E-state index contributed by atoms with van der Waals surface area (Å²) in [6.45, 7) is 1.36. The molecule has 5 aromatic rings. The zero-order valence-corrected chi connectivity index (χ0v) is 22.3. The molecule has 4 heteroatoms. The van der Waals surface area contributed by atoms with E-state index in [2.05, 4.69) is 0 Å². The van der Waals surface area contributed by atoms with Crippen molar-refractivity contribution in [3.63, 3.8) is 0 Å². The van der Waals surface area contributed by atoms with E-state index >= 15 is 0 Å². The molecule has 200 valence electrons. The summed E-state index contributed by atoms with van der Waals surface area (Å²) in [4.78, 5) is 0. The first-order valence-corrected chi connectivity index (χ1v) is 13.4. The SMILES string of the molecule is Oc1cccc(OCc2ccccc2)c1C/C=C/c1ccc(OCc2ccccc2)cc1OCc1ccccc1. The van der Waals surface area contributed by atoms with Gasteiger partial charge in [-0.05, 0) is 47.4 Å². The van der Waals surface area contributed by atoms with Crippen LogP contribution in [0.4, 0.5) is 0 Å². The minimum Gasteiger partial charge on any atom is -0.508 e. The summed E-state index contributed by atoms with van der Waals surface area (Å²) in [5.74, 6) is 2.34. The summed E-state index contributed by atoms with van der Waals surface area (Å²) in [6, 6.07) is 41.4. The van der Waals surface area contributed by atoms with E-state index in [4.69, 9.17) is 14.2 Å². The van der Waals surface area contributed by atoms with Gasteiger partial charge in [0.15, 0.2) is 0 Å². The Labute approximate surface area is 235 Å². The van der Waals surface area contributed by atoms with Crippen LogP contribution in [0.1, 0.15) is 27.8 Å². The molecule has 0 heterocycles. The van der Waals surface area contributed by atoms with E-state index in [-0.39, 0.29) is 5.75 Å². The maximum atomic E-state index is 10.6. The van der Waals surface area contributed by atoms with Crippen LogP contribution in [0.5, 0.6) is 23.0 Å². The predicted octanol–water partition coefficient (Wildman–Crippen LogP) is 8.39. The van der Waals surface area contributed by atoms with E-state index in [1.165, 1.54) is 0 Å². The topological polar surface area (TPSA) is 47.9 Å². The highest BCUT2D eigenvalue weighted by atomic mass is 16.5. The molecule has 0 bridgehead atoms. The fraction of sp³-hybridized carbons (Fsp3) is 0.111. The predicted molar refractivity (Wildman–Crippen MR) is 160 cm³/mol.